The van der Waals surface area contributed by atoms with Crippen molar-refractivity contribution in [3.63, 3.8) is 0 Å². The van der Waals surface area contributed by atoms with Crippen molar-refractivity contribution >= 4 is 18.5 Å². The van der Waals surface area contributed by atoms with Crippen LogP contribution in [-0.2, 0) is 14.8 Å². The zero-order valence-corrected chi connectivity index (χ0v) is 24.9. The summed E-state index contributed by atoms with van der Waals surface area (Å²) in [6.07, 6.45) is 7.59. The first-order valence-electron chi connectivity index (χ1n) is 14.2. The second kappa shape index (κ2) is 11.1. The first kappa shape index (κ1) is 29.7. The minimum Gasteiger partial charge on any atom is -0.423 e. The first-order valence-corrected chi connectivity index (χ1v) is 14.2. The third kappa shape index (κ3) is 5.77. The minimum atomic E-state index is -0.930. The Hall–Kier alpha value is -1.88. The van der Waals surface area contributed by atoms with E-state index in [1.165, 1.54) is 22.3 Å². The molecule has 0 aliphatic carbocycles. The molecule has 1 aliphatic rings. The van der Waals surface area contributed by atoms with Gasteiger partial charge in [-0.15, -0.1) is 0 Å². The fourth-order valence-corrected chi connectivity index (χ4v) is 5.60. The highest BCUT2D eigenvalue weighted by atomic mass is 16.5. The van der Waals surface area contributed by atoms with Crippen LogP contribution in [0.2, 0.25) is 6.82 Å². The smallest absolute Gasteiger partial charge is 0.324 e. The van der Waals surface area contributed by atoms with Gasteiger partial charge in [0.05, 0.1) is 23.4 Å². The maximum absolute atomic E-state index is 10.5. The predicted molar refractivity (Wildman–Crippen MR) is 159 cm³/mol. The number of hydrogen-bond donors (Lipinski definition) is 1. The topological polar surface area (TPSA) is 38.7 Å². The minimum absolute atomic E-state index is 0.0434. The fourth-order valence-electron chi connectivity index (χ4n) is 5.60. The molecular formula is C33H49BO3. The van der Waals surface area contributed by atoms with Gasteiger partial charge >= 0.3 is 6.92 Å². The van der Waals surface area contributed by atoms with Gasteiger partial charge in [-0.1, -0.05) is 89.1 Å². The van der Waals surface area contributed by atoms with E-state index in [9.17, 15) is 5.11 Å². The van der Waals surface area contributed by atoms with Crippen molar-refractivity contribution in [3.8, 4) is 0 Å². The van der Waals surface area contributed by atoms with E-state index >= 15 is 0 Å². The number of rotatable bonds is 11. The Bertz CT molecular complexity index is 1070. The second-order valence-electron chi connectivity index (χ2n) is 12.2. The maximum Gasteiger partial charge on any atom is 0.324 e. The van der Waals surface area contributed by atoms with E-state index in [0.717, 1.165) is 31.3 Å². The van der Waals surface area contributed by atoms with Gasteiger partial charge in [0.25, 0.3) is 0 Å². The molecule has 0 radical (unpaired) electrons. The SMILES string of the molecule is CCC(CC)(c1ccc(B(C)OC(C)(C)C(C)(C)O)cc1)c1ccc(/C=C/C2(CC)OC[C@H]2C)c(C)c1. The molecule has 1 fully saturated rings. The van der Waals surface area contributed by atoms with Crippen LogP contribution in [0.25, 0.3) is 6.08 Å². The van der Waals surface area contributed by atoms with E-state index in [-0.39, 0.29) is 17.9 Å². The maximum atomic E-state index is 10.5. The van der Waals surface area contributed by atoms with Gasteiger partial charge < -0.3 is 14.5 Å². The first-order chi connectivity index (χ1) is 17.2. The molecule has 2 atom stereocenters. The molecule has 0 saturated carbocycles. The van der Waals surface area contributed by atoms with E-state index in [0.29, 0.717) is 5.92 Å². The Morgan fingerprint density at radius 1 is 1.03 bits per heavy atom. The second-order valence-corrected chi connectivity index (χ2v) is 12.2. The van der Waals surface area contributed by atoms with E-state index in [4.69, 9.17) is 9.39 Å². The summed E-state index contributed by atoms with van der Waals surface area (Å²) in [7, 11) is 0. The predicted octanol–water partition coefficient (Wildman–Crippen LogP) is 7.32. The molecule has 0 amide bonds. The summed E-state index contributed by atoms with van der Waals surface area (Å²) < 4.78 is 12.3. The third-order valence-electron chi connectivity index (χ3n) is 9.44. The molecule has 2 aromatic carbocycles. The lowest BCUT2D eigenvalue weighted by Crippen LogP contribution is -2.52. The number of aryl methyl sites for hydroxylation is 1. The van der Waals surface area contributed by atoms with Crippen molar-refractivity contribution in [3.05, 3.63) is 70.8 Å². The van der Waals surface area contributed by atoms with Crippen molar-refractivity contribution in [1.82, 2.24) is 0 Å². The normalized spacial score (nSPS) is 20.8. The van der Waals surface area contributed by atoms with Gasteiger partial charge in [0.2, 0.25) is 0 Å². The van der Waals surface area contributed by atoms with Crippen molar-refractivity contribution in [2.24, 2.45) is 5.92 Å². The van der Waals surface area contributed by atoms with Gasteiger partial charge in [-0.05, 0) is 81.6 Å². The van der Waals surface area contributed by atoms with Crippen molar-refractivity contribution in [2.45, 2.75) is 111 Å². The molecule has 3 rings (SSSR count). The average Bonchev–Trinajstić information content (AvgIpc) is 2.85. The zero-order chi connectivity index (χ0) is 27.6. The number of aliphatic hydroxyl groups is 1. The van der Waals surface area contributed by atoms with Crippen molar-refractivity contribution < 1.29 is 14.5 Å². The Kier molecular flexibility index (Phi) is 8.89. The highest BCUT2D eigenvalue weighted by Crippen LogP contribution is 2.40. The average molecular weight is 505 g/mol. The van der Waals surface area contributed by atoms with Crippen LogP contribution >= 0.6 is 0 Å². The summed E-state index contributed by atoms with van der Waals surface area (Å²) in [6, 6.07) is 15.9. The number of benzene rings is 2. The molecule has 4 heteroatoms. The summed E-state index contributed by atoms with van der Waals surface area (Å²) in [6.45, 7) is 21.6. The van der Waals surface area contributed by atoms with Gasteiger partial charge in [-0.2, -0.15) is 0 Å². The lowest BCUT2D eigenvalue weighted by molar-refractivity contribution is -0.165. The van der Waals surface area contributed by atoms with E-state index in [1.807, 2.05) is 13.8 Å². The van der Waals surface area contributed by atoms with Gasteiger partial charge in [0.15, 0.2) is 0 Å². The number of hydrogen-bond acceptors (Lipinski definition) is 3. The lowest BCUT2D eigenvalue weighted by Gasteiger charge is -2.45. The van der Waals surface area contributed by atoms with Gasteiger partial charge in [-0.3, -0.25) is 0 Å². The third-order valence-corrected chi connectivity index (χ3v) is 9.44. The van der Waals surface area contributed by atoms with Crippen LogP contribution in [0, 0.1) is 12.8 Å². The number of ether oxygens (including phenoxy) is 1. The molecule has 3 nitrogen and oxygen atoms in total. The van der Waals surface area contributed by atoms with Crippen LogP contribution in [0.4, 0.5) is 0 Å². The van der Waals surface area contributed by atoms with Crippen LogP contribution in [0.15, 0.2) is 48.5 Å². The molecule has 1 aliphatic heterocycles. The van der Waals surface area contributed by atoms with Crippen LogP contribution in [0.5, 0.6) is 0 Å². The monoisotopic (exact) mass is 504 g/mol. The molecular weight excluding hydrogens is 455 g/mol. The quantitative estimate of drug-likeness (QED) is 0.326. The highest BCUT2D eigenvalue weighted by molar-refractivity contribution is 6.66. The molecule has 2 aromatic rings. The summed E-state index contributed by atoms with van der Waals surface area (Å²) >= 11 is 0. The zero-order valence-electron chi connectivity index (χ0n) is 24.9. The molecule has 1 N–H and O–H groups in total. The summed E-state index contributed by atoms with van der Waals surface area (Å²) in [5.74, 6) is 0.568. The lowest BCUT2D eigenvalue weighted by atomic mass is 9.61. The summed E-state index contributed by atoms with van der Waals surface area (Å²) in [5, 5.41) is 10.5. The molecule has 202 valence electrons. The van der Waals surface area contributed by atoms with Gasteiger partial charge in [0.1, 0.15) is 0 Å². The molecule has 1 saturated heterocycles. The van der Waals surface area contributed by atoms with E-state index in [1.54, 1.807) is 13.8 Å². The molecule has 1 unspecified atom stereocenters. The molecule has 0 bridgehead atoms. The standard InChI is InChI=1S/C33H49BO3/c1-11-32(12-2,27-16-18-29(19-17-27)34(10)37-31(8,9)30(6,7)35)28-15-14-26(24(4)22-28)20-21-33(13-3)25(5)23-36-33/h14-22,25,35H,11-13,23H2,1-10H3/b21-20+/t25-,33?/m1/s1. The summed E-state index contributed by atoms with van der Waals surface area (Å²) in [5.41, 5.74) is 4.64. The molecule has 1 heterocycles. The van der Waals surface area contributed by atoms with Gasteiger partial charge in [-0.25, -0.2) is 0 Å². The Labute approximate surface area is 226 Å². The van der Waals surface area contributed by atoms with E-state index < -0.39 is 11.2 Å². The molecule has 0 spiro atoms. The summed E-state index contributed by atoms with van der Waals surface area (Å²) in [4.78, 5) is 0. The van der Waals surface area contributed by atoms with Gasteiger partial charge in [0, 0.05) is 11.3 Å². The van der Waals surface area contributed by atoms with Crippen molar-refractivity contribution in [1.29, 1.82) is 0 Å². The van der Waals surface area contributed by atoms with Crippen LogP contribution in [-0.4, -0.2) is 35.4 Å². The fraction of sp³-hybridized carbons (Fsp3) is 0.576. The van der Waals surface area contributed by atoms with Crippen LogP contribution in [0.1, 0.15) is 96.9 Å². The highest BCUT2D eigenvalue weighted by Gasteiger charge is 2.42. The van der Waals surface area contributed by atoms with Crippen LogP contribution in [0.3, 0.4) is 0 Å². The molecule has 0 aromatic heterocycles. The van der Waals surface area contributed by atoms with Crippen LogP contribution < -0.4 is 5.46 Å². The largest absolute Gasteiger partial charge is 0.423 e. The Morgan fingerprint density at radius 2 is 1.62 bits per heavy atom. The Balaban J connectivity index is 1.87. The Morgan fingerprint density at radius 3 is 2.05 bits per heavy atom. The van der Waals surface area contributed by atoms with Crippen molar-refractivity contribution in [2.75, 3.05) is 6.61 Å². The van der Waals surface area contributed by atoms with E-state index in [2.05, 4.69) is 96.1 Å². The molecule has 37 heavy (non-hydrogen) atoms.